The number of hydrogen-bond donors (Lipinski definition) is 1. The van der Waals surface area contributed by atoms with Crippen molar-refractivity contribution in [3.8, 4) is 0 Å². The normalized spacial score (nSPS) is 21.1. The van der Waals surface area contributed by atoms with E-state index in [1.807, 2.05) is 0 Å². The first-order chi connectivity index (χ1) is 5.68. The molecule has 1 fully saturated rings. The van der Waals surface area contributed by atoms with Crippen molar-refractivity contribution < 1.29 is 0 Å². The van der Waals surface area contributed by atoms with Gasteiger partial charge in [-0.1, -0.05) is 17.7 Å². The van der Waals surface area contributed by atoms with Gasteiger partial charge in [0.05, 0.1) is 0 Å². The molecule has 1 nitrogen and oxygen atoms in total. The molecule has 0 radical (unpaired) electrons. The first-order valence-electron chi connectivity index (χ1n) is 4.49. The van der Waals surface area contributed by atoms with E-state index in [0.717, 1.165) is 6.54 Å². The van der Waals surface area contributed by atoms with Gasteiger partial charge in [-0.05, 0) is 37.5 Å². The number of rotatable bonds is 1. The van der Waals surface area contributed by atoms with E-state index < -0.39 is 0 Å². The summed E-state index contributed by atoms with van der Waals surface area (Å²) >= 11 is 0. The molecule has 0 aliphatic carbocycles. The second-order valence-electron chi connectivity index (χ2n) is 3.77. The maximum atomic E-state index is 3.35. The lowest BCUT2D eigenvalue weighted by Crippen LogP contribution is -1.94. The fraction of sp³-hybridized carbons (Fsp3) is 0.455. The third kappa shape index (κ3) is 1.25. The fourth-order valence-corrected chi connectivity index (χ4v) is 2.00. The molecule has 1 aromatic rings. The lowest BCUT2D eigenvalue weighted by Gasteiger charge is -2.08. The third-order valence-electron chi connectivity index (χ3n) is 2.49. The van der Waals surface area contributed by atoms with E-state index in [9.17, 15) is 0 Å². The van der Waals surface area contributed by atoms with Crippen molar-refractivity contribution in [2.75, 3.05) is 6.54 Å². The summed E-state index contributed by atoms with van der Waals surface area (Å²) in [6.45, 7) is 7.72. The minimum atomic E-state index is 0.644. The van der Waals surface area contributed by atoms with Gasteiger partial charge in [0, 0.05) is 12.6 Å². The monoisotopic (exact) mass is 161 g/mol. The topological polar surface area (TPSA) is 21.9 Å². The SMILES string of the molecule is Cc1cc(C)c([C@H]2CN2)c(C)c1. The summed E-state index contributed by atoms with van der Waals surface area (Å²) < 4.78 is 0. The van der Waals surface area contributed by atoms with Gasteiger partial charge in [-0.2, -0.15) is 0 Å². The summed E-state index contributed by atoms with van der Waals surface area (Å²) in [5.74, 6) is 0. The predicted octanol–water partition coefficient (Wildman–Crippen LogP) is 2.26. The molecule has 1 aromatic carbocycles. The summed E-state index contributed by atoms with van der Waals surface area (Å²) in [5, 5.41) is 3.35. The van der Waals surface area contributed by atoms with Crippen LogP contribution in [0.4, 0.5) is 0 Å². The Morgan fingerprint density at radius 2 is 1.67 bits per heavy atom. The molecule has 0 bridgehead atoms. The molecule has 0 amide bonds. The Balaban J connectivity index is 2.51. The van der Waals surface area contributed by atoms with Crippen molar-refractivity contribution in [1.29, 1.82) is 0 Å². The van der Waals surface area contributed by atoms with Gasteiger partial charge in [0.15, 0.2) is 0 Å². The predicted molar refractivity (Wildman–Crippen MR) is 51.4 cm³/mol. The van der Waals surface area contributed by atoms with E-state index in [2.05, 4.69) is 38.2 Å². The highest BCUT2D eigenvalue weighted by molar-refractivity contribution is 5.41. The molecule has 1 aliphatic heterocycles. The van der Waals surface area contributed by atoms with Crippen LogP contribution in [-0.2, 0) is 0 Å². The van der Waals surface area contributed by atoms with Crippen molar-refractivity contribution in [3.63, 3.8) is 0 Å². The van der Waals surface area contributed by atoms with Crippen LogP contribution in [0.3, 0.4) is 0 Å². The zero-order valence-electron chi connectivity index (χ0n) is 7.94. The molecule has 1 atom stereocenters. The minimum Gasteiger partial charge on any atom is -0.307 e. The average Bonchev–Trinajstić information content (AvgIpc) is 2.68. The molecule has 1 aliphatic rings. The standard InChI is InChI=1S/C11H15N/c1-7-4-8(2)11(9(3)5-7)10-6-12-10/h4-5,10,12H,6H2,1-3H3/t10-/m1/s1. The molecule has 2 rings (SSSR count). The van der Waals surface area contributed by atoms with Gasteiger partial charge in [0.1, 0.15) is 0 Å². The van der Waals surface area contributed by atoms with Crippen LogP contribution in [0.2, 0.25) is 0 Å². The van der Waals surface area contributed by atoms with Gasteiger partial charge >= 0.3 is 0 Å². The zero-order chi connectivity index (χ0) is 8.72. The van der Waals surface area contributed by atoms with E-state index >= 15 is 0 Å². The minimum absolute atomic E-state index is 0.644. The van der Waals surface area contributed by atoms with Crippen molar-refractivity contribution in [1.82, 2.24) is 5.32 Å². The van der Waals surface area contributed by atoms with Crippen LogP contribution in [0.15, 0.2) is 12.1 Å². The van der Waals surface area contributed by atoms with Crippen LogP contribution >= 0.6 is 0 Å². The second-order valence-corrected chi connectivity index (χ2v) is 3.77. The molecule has 1 heteroatoms. The number of hydrogen-bond acceptors (Lipinski definition) is 1. The van der Waals surface area contributed by atoms with Crippen molar-refractivity contribution in [2.45, 2.75) is 26.8 Å². The maximum Gasteiger partial charge on any atom is 0.0452 e. The Morgan fingerprint density at radius 3 is 2.08 bits per heavy atom. The molecule has 64 valence electrons. The fourth-order valence-electron chi connectivity index (χ4n) is 2.00. The van der Waals surface area contributed by atoms with E-state index in [4.69, 9.17) is 0 Å². The number of nitrogens with one attached hydrogen (secondary N) is 1. The number of aryl methyl sites for hydroxylation is 3. The summed E-state index contributed by atoms with van der Waals surface area (Å²) in [5.41, 5.74) is 5.75. The van der Waals surface area contributed by atoms with E-state index in [0.29, 0.717) is 6.04 Å². The van der Waals surface area contributed by atoms with Gasteiger partial charge in [-0.15, -0.1) is 0 Å². The van der Waals surface area contributed by atoms with Crippen LogP contribution < -0.4 is 5.32 Å². The van der Waals surface area contributed by atoms with Crippen LogP contribution in [0.1, 0.15) is 28.3 Å². The zero-order valence-corrected chi connectivity index (χ0v) is 7.94. The largest absolute Gasteiger partial charge is 0.307 e. The molecule has 0 saturated carbocycles. The first kappa shape index (κ1) is 7.81. The number of benzene rings is 1. The highest BCUT2D eigenvalue weighted by Gasteiger charge is 2.25. The molecular weight excluding hydrogens is 146 g/mol. The Bertz CT molecular complexity index is 288. The quantitative estimate of drug-likeness (QED) is 0.627. The smallest absolute Gasteiger partial charge is 0.0452 e. The second kappa shape index (κ2) is 2.60. The summed E-state index contributed by atoms with van der Waals surface area (Å²) in [6, 6.07) is 5.18. The highest BCUT2D eigenvalue weighted by atomic mass is 15.1. The van der Waals surface area contributed by atoms with Gasteiger partial charge in [0.2, 0.25) is 0 Å². The molecular formula is C11H15N. The van der Waals surface area contributed by atoms with Crippen LogP contribution in [0.5, 0.6) is 0 Å². The highest BCUT2D eigenvalue weighted by Crippen LogP contribution is 2.28. The molecule has 0 aromatic heterocycles. The van der Waals surface area contributed by atoms with Crippen molar-refractivity contribution in [2.24, 2.45) is 0 Å². The Kier molecular flexibility index (Phi) is 1.69. The van der Waals surface area contributed by atoms with Gasteiger partial charge < -0.3 is 5.32 Å². The maximum absolute atomic E-state index is 3.35. The lowest BCUT2D eigenvalue weighted by molar-refractivity contribution is 1.03. The van der Waals surface area contributed by atoms with Crippen LogP contribution in [0.25, 0.3) is 0 Å². The van der Waals surface area contributed by atoms with Crippen molar-refractivity contribution in [3.05, 3.63) is 34.4 Å². The molecule has 1 heterocycles. The lowest BCUT2D eigenvalue weighted by atomic mass is 9.97. The average molecular weight is 161 g/mol. The summed E-state index contributed by atoms with van der Waals surface area (Å²) in [7, 11) is 0. The Hall–Kier alpha value is -0.820. The van der Waals surface area contributed by atoms with Gasteiger partial charge in [-0.3, -0.25) is 0 Å². The van der Waals surface area contributed by atoms with Crippen molar-refractivity contribution >= 4 is 0 Å². The molecule has 1 saturated heterocycles. The van der Waals surface area contributed by atoms with Crippen LogP contribution in [-0.4, -0.2) is 6.54 Å². The Labute approximate surface area is 73.8 Å². The summed E-state index contributed by atoms with van der Waals surface area (Å²) in [6.07, 6.45) is 0. The molecule has 0 unspecified atom stereocenters. The van der Waals surface area contributed by atoms with E-state index in [1.165, 1.54) is 22.3 Å². The third-order valence-corrected chi connectivity index (χ3v) is 2.49. The van der Waals surface area contributed by atoms with Gasteiger partial charge in [-0.25, -0.2) is 0 Å². The van der Waals surface area contributed by atoms with Crippen LogP contribution in [0, 0.1) is 20.8 Å². The molecule has 0 spiro atoms. The Morgan fingerprint density at radius 1 is 1.17 bits per heavy atom. The van der Waals surface area contributed by atoms with Gasteiger partial charge in [0.25, 0.3) is 0 Å². The first-order valence-corrected chi connectivity index (χ1v) is 4.49. The molecule has 1 N–H and O–H groups in total. The molecule has 12 heavy (non-hydrogen) atoms. The summed E-state index contributed by atoms with van der Waals surface area (Å²) in [4.78, 5) is 0. The van der Waals surface area contributed by atoms with E-state index in [1.54, 1.807) is 0 Å². The van der Waals surface area contributed by atoms with E-state index in [-0.39, 0.29) is 0 Å².